The van der Waals surface area contributed by atoms with Crippen molar-refractivity contribution in [1.82, 2.24) is 4.98 Å². The number of methoxy groups -OCH3 is 1. The summed E-state index contributed by atoms with van der Waals surface area (Å²) in [6.07, 6.45) is 4.21. The smallest absolute Gasteiger partial charge is 0.131 e. The van der Waals surface area contributed by atoms with Crippen molar-refractivity contribution in [2.45, 2.75) is 45.0 Å². The van der Waals surface area contributed by atoms with Gasteiger partial charge in [0.1, 0.15) is 5.82 Å². The van der Waals surface area contributed by atoms with Gasteiger partial charge in [0.2, 0.25) is 0 Å². The average molecular weight is 329 g/mol. The van der Waals surface area contributed by atoms with E-state index in [4.69, 9.17) is 4.74 Å². The molecule has 0 aromatic carbocycles. The minimum Gasteiger partial charge on any atom is -0.383 e. The van der Waals surface area contributed by atoms with Gasteiger partial charge in [0.15, 0.2) is 0 Å². The fourth-order valence-electron chi connectivity index (χ4n) is 2.38. The Morgan fingerprint density at radius 3 is 2.53 bits per heavy atom. The number of anilines is 1. The van der Waals surface area contributed by atoms with Gasteiger partial charge < -0.3 is 9.64 Å². The molecule has 0 bridgehead atoms. The zero-order valence-electron chi connectivity index (χ0n) is 12.4. The lowest BCUT2D eigenvalue weighted by molar-refractivity contribution is 0.202. The highest BCUT2D eigenvalue weighted by Crippen LogP contribution is 2.23. The second-order valence-corrected chi connectivity index (χ2v) is 5.33. The van der Waals surface area contributed by atoms with Crippen LogP contribution in [0.25, 0.3) is 0 Å². The largest absolute Gasteiger partial charge is 0.383 e. The molecule has 0 amide bonds. The SMILES string of the molecule is CCC(CC)N(CCOC)c1ncc(CBr)cc1C. The van der Waals surface area contributed by atoms with Crippen molar-refractivity contribution < 1.29 is 4.74 Å². The molecule has 0 saturated carbocycles. The third-order valence-corrected chi connectivity index (χ3v) is 4.10. The third kappa shape index (κ3) is 4.46. The molecular weight excluding hydrogens is 304 g/mol. The highest BCUT2D eigenvalue weighted by Gasteiger charge is 2.18. The quantitative estimate of drug-likeness (QED) is 0.676. The van der Waals surface area contributed by atoms with Gasteiger partial charge in [-0.15, -0.1) is 0 Å². The van der Waals surface area contributed by atoms with Crippen LogP contribution < -0.4 is 4.90 Å². The maximum Gasteiger partial charge on any atom is 0.131 e. The fourth-order valence-corrected chi connectivity index (χ4v) is 2.69. The van der Waals surface area contributed by atoms with E-state index in [1.807, 2.05) is 6.20 Å². The first-order valence-electron chi connectivity index (χ1n) is 6.94. The summed E-state index contributed by atoms with van der Waals surface area (Å²) in [6.45, 7) is 8.23. The molecule has 1 heterocycles. The maximum absolute atomic E-state index is 5.24. The van der Waals surface area contributed by atoms with Crippen molar-refractivity contribution in [2.24, 2.45) is 0 Å². The Labute approximate surface area is 125 Å². The lowest BCUT2D eigenvalue weighted by Gasteiger charge is -2.32. The highest BCUT2D eigenvalue weighted by atomic mass is 79.9. The molecular formula is C15H25BrN2O. The number of hydrogen-bond acceptors (Lipinski definition) is 3. The van der Waals surface area contributed by atoms with Crippen LogP contribution in [0.2, 0.25) is 0 Å². The number of aromatic nitrogens is 1. The minimum atomic E-state index is 0.524. The fraction of sp³-hybridized carbons (Fsp3) is 0.667. The third-order valence-electron chi connectivity index (χ3n) is 3.45. The first kappa shape index (κ1) is 16.4. The predicted molar refractivity (Wildman–Crippen MR) is 85.2 cm³/mol. The van der Waals surface area contributed by atoms with E-state index < -0.39 is 0 Å². The molecule has 0 N–H and O–H groups in total. The lowest BCUT2D eigenvalue weighted by atomic mass is 10.1. The molecule has 1 aromatic heterocycles. The molecule has 0 radical (unpaired) electrons. The number of nitrogens with zero attached hydrogens (tertiary/aromatic N) is 2. The van der Waals surface area contributed by atoms with Crippen molar-refractivity contribution >= 4 is 21.7 Å². The van der Waals surface area contributed by atoms with Crippen LogP contribution in [0.5, 0.6) is 0 Å². The van der Waals surface area contributed by atoms with E-state index in [0.29, 0.717) is 6.04 Å². The maximum atomic E-state index is 5.24. The Balaban J connectivity index is 3.01. The first-order chi connectivity index (χ1) is 9.17. The van der Waals surface area contributed by atoms with Gasteiger partial charge in [-0.2, -0.15) is 0 Å². The predicted octanol–water partition coefficient (Wildman–Crippen LogP) is 3.93. The van der Waals surface area contributed by atoms with Crippen LogP contribution >= 0.6 is 15.9 Å². The number of hydrogen-bond donors (Lipinski definition) is 0. The molecule has 0 atom stereocenters. The van der Waals surface area contributed by atoms with E-state index in [1.54, 1.807) is 7.11 Å². The molecule has 4 heteroatoms. The molecule has 19 heavy (non-hydrogen) atoms. The van der Waals surface area contributed by atoms with Crippen LogP contribution in [0, 0.1) is 6.92 Å². The topological polar surface area (TPSA) is 25.4 Å². The van der Waals surface area contributed by atoms with Crippen LogP contribution in [0.3, 0.4) is 0 Å². The van der Waals surface area contributed by atoms with Crippen LogP contribution in [0.15, 0.2) is 12.3 Å². The van der Waals surface area contributed by atoms with E-state index in [1.165, 1.54) is 11.1 Å². The van der Waals surface area contributed by atoms with Gasteiger partial charge in [-0.3, -0.25) is 0 Å². The molecule has 3 nitrogen and oxygen atoms in total. The molecule has 1 aromatic rings. The Kier molecular flexibility index (Phi) is 7.39. The van der Waals surface area contributed by atoms with Crippen molar-refractivity contribution in [2.75, 3.05) is 25.2 Å². The monoisotopic (exact) mass is 328 g/mol. The summed E-state index contributed by atoms with van der Waals surface area (Å²) < 4.78 is 5.24. The van der Waals surface area contributed by atoms with Gasteiger partial charge >= 0.3 is 0 Å². The standard InChI is InChI=1S/C15H25BrN2O/c1-5-14(6-2)18(7-8-19-4)15-12(3)9-13(10-16)11-17-15/h9,11,14H,5-8,10H2,1-4H3. The summed E-state index contributed by atoms with van der Waals surface area (Å²) in [5.74, 6) is 1.09. The number of aryl methyl sites for hydroxylation is 1. The first-order valence-corrected chi connectivity index (χ1v) is 8.07. The molecule has 1 rings (SSSR count). The van der Waals surface area contributed by atoms with Gasteiger partial charge in [0.05, 0.1) is 6.61 Å². The zero-order valence-corrected chi connectivity index (χ0v) is 14.0. The summed E-state index contributed by atoms with van der Waals surface area (Å²) in [6, 6.07) is 2.73. The summed E-state index contributed by atoms with van der Waals surface area (Å²) >= 11 is 3.48. The molecule has 0 aliphatic rings. The van der Waals surface area contributed by atoms with Crippen molar-refractivity contribution in [3.8, 4) is 0 Å². The van der Waals surface area contributed by atoms with Crippen LogP contribution in [-0.4, -0.2) is 31.3 Å². The van der Waals surface area contributed by atoms with Gasteiger partial charge in [-0.1, -0.05) is 35.8 Å². The van der Waals surface area contributed by atoms with Gasteiger partial charge in [-0.25, -0.2) is 4.98 Å². The Hall–Kier alpha value is -0.610. The number of ether oxygens (including phenoxy) is 1. The van der Waals surface area contributed by atoms with Crippen LogP contribution in [0.4, 0.5) is 5.82 Å². The number of pyridine rings is 1. The highest BCUT2D eigenvalue weighted by molar-refractivity contribution is 9.08. The summed E-state index contributed by atoms with van der Waals surface area (Å²) in [5, 5.41) is 0.851. The van der Waals surface area contributed by atoms with E-state index in [9.17, 15) is 0 Å². The summed E-state index contributed by atoms with van der Waals surface area (Å²) in [4.78, 5) is 7.05. The Morgan fingerprint density at radius 1 is 1.37 bits per heavy atom. The lowest BCUT2D eigenvalue weighted by Crippen LogP contribution is -2.38. The van der Waals surface area contributed by atoms with Crippen molar-refractivity contribution in [3.05, 3.63) is 23.4 Å². The van der Waals surface area contributed by atoms with Crippen LogP contribution in [-0.2, 0) is 10.1 Å². The van der Waals surface area contributed by atoms with Gasteiger partial charge in [0.25, 0.3) is 0 Å². The molecule has 0 spiro atoms. The molecule has 0 aliphatic heterocycles. The minimum absolute atomic E-state index is 0.524. The Bertz CT molecular complexity index is 380. The van der Waals surface area contributed by atoms with E-state index in [2.05, 4.69) is 52.7 Å². The summed E-state index contributed by atoms with van der Waals surface area (Å²) in [5.41, 5.74) is 2.46. The average Bonchev–Trinajstić information content (AvgIpc) is 2.44. The van der Waals surface area contributed by atoms with Crippen molar-refractivity contribution in [3.63, 3.8) is 0 Å². The molecule has 0 unspecified atom stereocenters. The normalized spacial score (nSPS) is 11.1. The number of alkyl halides is 1. The number of rotatable bonds is 8. The molecule has 0 saturated heterocycles. The molecule has 108 valence electrons. The number of halogens is 1. The van der Waals surface area contributed by atoms with E-state index in [-0.39, 0.29) is 0 Å². The van der Waals surface area contributed by atoms with Crippen molar-refractivity contribution in [1.29, 1.82) is 0 Å². The van der Waals surface area contributed by atoms with Gasteiger partial charge in [-0.05, 0) is 30.9 Å². The zero-order chi connectivity index (χ0) is 14.3. The van der Waals surface area contributed by atoms with E-state index in [0.717, 1.165) is 37.1 Å². The summed E-state index contributed by atoms with van der Waals surface area (Å²) in [7, 11) is 1.75. The second-order valence-electron chi connectivity index (χ2n) is 4.77. The molecule has 0 fully saturated rings. The van der Waals surface area contributed by atoms with E-state index >= 15 is 0 Å². The molecule has 0 aliphatic carbocycles. The van der Waals surface area contributed by atoms with Crippen LogP contribution in [0.1, 0.15) is 37.8 Å². The second kappa shape index (κ2) is 8.54. The Morgan fingerprint density at radius 2 is 2.05 bits per heavy atom. The van der Waals surface area contributed by atoms with Gasteiger partial charge in [0, 0.05) is 31.2 Å².